The van der Waals surface area contributed by atoms with E-state index in [1.807, 2.05) is 13.0 Å². The monoisotopic (exact) mass is 314 g/mol. The SMILES string of the molecule is Cc1ccc2c(c1)CN(Cc1ccc(C)o1)[C@H](CN(C)C)CO2. The molecule has 0 aliphatic carbocycles. The van der Waals surface area contributed by atoms with Crippen LogP contribution in [0.1, 0.15) is 22.6 Å². The Bertz CT molecular complexity index is 663. The maximum absolute atomic E-state index is 6.09. The van der Waals surface area contributed by atoms with Crippen LogP contribution in [0.3, 0.4) is 0 Å². The Kier molecular flexibility index (Phi) is 4.74. The van der Waals surface area contributed by atoms with Crippen LogP contribution in [0.15, 0.2) is 34.7 Å². The van der Waals surface area contributed by atoms with Crippen LogP contribution < -0.4 is 4.74 Å². The largest absolute Gasteiger partial charge is 0.492 e. The van der Waals surface area contributed by atoms with Gasteiger partial charge in [-0.05, 0) is 46.1 Å². The zero-order valence-electron chi connectivity index (χ0n) is 14.5. The average Bonchev–Trinajstić information content (AvgIpc) is 2.81. The highest BCUT2D eigenvalue weighted by Crippen LogP contribution is 2.27. The molecule has 124 valence electrons. The summed E-state index contributed by atoms with van der Waals surface area (Å²) >= 11 is 0. The lowest BCUT2D eigenvalue weighted by Crippen LogP contribution is -2.43. The van der Waals surface area contributed by atoms with Gasteiger partial charge in [0.25, 0.3) is 0 Å². The quantitative estimate of drug-likeness (QED) is 0.866. The van der Waals surface area contributed by atoms with E-state index in [9.17, 15) is 0 Å². The molecular formula is C19H26N2O2. The Morgan fingerprint density at radius 2 is 2.00 bits per heavy atom. The normalized spacial score (nSPS) is 18.6. The molecule has 1 aromatic carbocycles. The Labute approximate surface area is 138 Å². The number of likely N-dealkylation sites (N-methyl/N-ethyl adjacent to an activating group) is 1. The number of nitrogens with zero attached hydrogens (tertiary/aromatic N) is 2. The molecule has 4 heteroatoms. The molecule has 0 spiro atoms. The first-order chi connectivity index (χ1) is 11.0. The van der Waals surface area contributed by atoms with Crippen LogP contribution in [0.5, 0.6) is 5.75 Å². The molecule has 23 heavy (non-hydrogen) atoms. The third-order valence-corrected chi connectivity index (χ3v) is 4.27. The van der Waals surface area contributed by atoms with E-state index < -0.39 is 0 Å². The van der Waals surface area contributed by atoms with Crippen LogP contribution >= 0.6 is 0 Å². The molecule has 2 heterocycles. The van der Waals surface area contributed by atoms with E-state index in [-0.39, 0.29) is 0 Å². The van der Waals surface area contributed by atoms with E-state index in [0.717, 1.165) is 36.9 Å². The molecule has 1 aliphatic heterocycles. The predicted molar refractivity (Wildman–Crippen MR) is 91.7 cm³/mol. The summed E-state index contributed by atoms with van der Waals surface area (Å²) in [6.45, 7) is 7.48. The molecule has 0 saturated heterocycles. The van der Waals surface area contributed by atoms with Crippen LogP contribution in [0.2, 0.25) is 0 Å². The van der Waals surface area contributed by atoms with Crippen molar-refractivity contribution in [1.29, 1.82) is 0 Å². The van der Waals surface area contributed by atoms with Crippen molar-refractivity contribution >= 4 is 0 Å². The number of furan rings is 1. The van der Waals surface area contributed by atoms with Crippen molar-refractivity contribution in [1.82, 2.24) is 9.80 Å². The van der Waals surface area contributed by atoms with E-state index >= 15 is 0 Å². The maximum Gasteiger partial charge on any atom is 0.123 e. The third-order valence-electron chi connectivity index (χ3n) is 4.27. The fraction of sp³-hybridized carbons (Fsp3) is 0.474. The van der Waals surface area contributed by atoms with E-state index in [0.29, 0.717) is 12.6 Å². The number of aryl methyl sites for hydroxylation is 2. The zero-order valence-corrected chi connectivity index (χ0v) is 14.5. The summed E-state index contributed by atoms with van der Waals surface area (Å²) in [5, 5.41) is 0. The highest BCUT2D eigenvalue weighted by molar-refractivity contribution is 5.37. The van der Waals surface area contributed by atoms with Crippen molar-refractivity contribution < 1.29 is 9.15 Å². The molecule has 0 bridgehead atoms. The van der Waals surface area contributed by atoms with Gasteiger partial charge in [-0.2, -0.15) is 0 Å². The molecule has 3 rings (SSSR count). The first-order valence-electron chi connectivity index (χ1n) is 8.17. The molecule has 2 aromatic rings. The lowest BCUT2D eigenvalue weighted by atomic mass is 10.1. The summed E-state index contributed by atoms with van der Waals surface area (Å²) < 4.78 is 11.9. The van der Waals surface area contributed by atoms with Crippen molar-refractivity contribution in [3.8, 4) is 5.75 Å². The number of fused-ring (bicyclic) bond motifs is 1. The molecule has 0 amide bonds. The van der Waals surface area contributed by atoms with Crippen LogP contribution in [0.4, 0.5) is 0 Å². The van der Waals surface area contributed by atoms with Gasteiger partial charge in [0.15, 0.2) is 0 Å². The Morgan fingerprint density at radius 3 is 2.70 bits per heavy atom. The Morgan fingerprint density at radius 1 is 1.17 bits per heavy atom. The van der Waals surface area contributed by atoms with E-state index in [4.69, 9.17) is 9.15 Å². The second kappa shape index (κ2) is 6.77. The zero-order chi connectivity index (χ0) is 16.4. The van der Waals surface area contributed by atoms with Crippen LogP contribution in [-0.4, -0.2) is 43.1 Å². The fourth-order valence-corrected chi connectivity index (χ4v) is 3.16. The number of hydrogen-bond acceptors (Lipinski definition) is 4. The highest BCUT2D eigenvalue weighted by Gasteiger charge is 2.26. The smallest absolute Gasteiger partial charge is 0.123 e. The molecule has 1 atom stereocenters. The summed E-state index contributed by atoms with van der Waals surface area (Å²) in [5.74, 6) is 2.99. The fourth-order valence-electron chi connectivity index (χ4n) is 3.16. The first kappa shape index (κ1) is 16.1. The lowest BCUT2D eigenvalue weighted by Gasteiger charge is -2.30. The first-order valence-corrected chi connectivity index (χ1v) is 8.17. The molecule has 0 radical (unpaired) electrons. The summed E-state index contributed by atoms with van der Waals surface area (Å²) in [5.41, 5.74) is 2.53. The highest BCUT2D eigenvalue weighted by atomic mass is 16.5. The second-order valence-corrected chi connectivity index (χ2v) is 6.76. The Hall–Kier alpha value is -1.78. The van der Waals surface area contributed by atoms with Gasteiger partial charge in [-0.3, -0.25) is 4.90 Å². The van der Waals surface area contributed by atoms with Crippen molar-refractivity contribution in [2.75, 3.05) is 27.2 Å². The standard InChI is InChI=1S/C19H26N2O2/c1-14-5-8-19-16(9-14)10-21(12-18-7-6-15(2)23-18)17(13-22-19)11-20(3)4/h5-9,17H,10-13H2,1-4H3/t17-/m1/s1. The van der Waals surface area contributed by atoms with Gasteiger partial charge in [0.05, 0.1) is 12.6 Å². The predicted octanol–water partition coefficient (Wildman–Crippen LogP) is 3.22. The van der Waals surface area contributed by atoms with Crippen LogP contribution in [-0.2, 0) is 13.1 Å². The number of ether oxygens (including phenoxy) is 1. The lowest BCUT2D eigenvalue weighted by molar-refractivity contribution is 0.106. The van der Waals surface area contributed by atoms with Gasteiger partial charge in [-0.25, -0.2) is 0 Å². The summed E-state index contributed by atoms with van der Waals surface area (Å²) in [6.07, 6.45) is 0. The van der Waals surface area contributed by atoms with Gasteiger partial charge in [0, 0.05) is 18.7 Å². The molecule has 0 fully saturated rings. The van der Waals surface area contributed by atoms with Gasteiger partial charge in [0.2, 0.25) is 0 Å². The molecule has 0 unspecified atom stereocenters. The Balaban J connectivity index is 1.86. The summed E-state index contributed by atoms with van der Waals surface area (Å²) in [7, 11) is 4.22. The van der Waals surface area contributed by atoms with Gasteiger partial charge >= 0.3 is 0 Å². The van der Waals surface area contributed by atoms with Gasteiger partial charge in [-0.15, -0.1) is 0 Å². The average molecular weight is 314 g/mol. The minimum atomic E-state index is 0.336. The maximum atomic E-state index is 6.09. The van der Waals surface area contributed by atoms with Gasteiger partial charge < -0.3 is 14.1 Å². The van der Waals surface area contributed by atoms with Crippen molar-refractivity contribution in [2.45, 2.75) is 33.0 Å². The number of benzene rings is 1. The molecule has 1 aliphatic rings. The molecule has 4 nitrogen and oxygen atoms in total. The molecule has 0 saturated carbocycles. The van der Waals surface area contributed by atoms with Crippen molar-refractivity contribution in [3.05, 3.63) is 53.0 Å². The van der Waals surface area contributed by atoms with Crippen molar-refractivity contribution in [2.24, 2.45) is 0 Å². The topological polar surface area (TPSA) is 28.9 Å². The molecule has 0 N–H and O–H groups in total. The van der Waals surface area contributed by atoms with Crippen LogP contribution in [0, 0.1) is 13.8 Å². The van der Waals surface area contributed by atoms with Crippen LogP contribution in [0.25, 0.3) is 0 Å². The minimum Gasteiger partial charge on any atom is -0.492 e. The van der Waals surface area contributed by atoms with E-state index in [1.165, 1.54) is 11.1 Å². The van der Waals surface area contributed by atoms with E-state index in [1.54, 1.807) is 0 Å². The van der Waals surface area contributed by atoms with Crippen molar-refractivity contribution in [3.63, 3.8) is 0 Å². The van der Waals surface area contributed by atoms with Gasteiger partial charge in [0.1, 0.15) is 23.9 Å². The number of hydrogen-bond donors (Lipinski definition) is 0. The third kappa shape index (κ3) is 3.95. The number of rotatable bonds is 4. The summed E-state index contributed by atoms with van der Waals surface area (Å²) in [4.78, 5) is 4.68. The minimum absolute atomic E-state index is 0.336. The van der Waals surface area contributed by atoms with Gasteiger partial charge in [-0.1, -0.05) is 17.7 Å². The molecule has 1 aromatic heterocycles. The second-order valence-electron chi connectivity index (χ2n) is 6.76. The summed E-state index contributed by atoms with van der Waals surface area (Å²) in [6, 6.07) is 10.9. The van der Waals surface area contributed by atoms with E-state index in [2.05, 4.69) is 55.1 Å². The molecular weight excluding hydrogens is 288 g/mol.